The summed E-state index contributed by atoms with van der Waals surface area (Å²) in [6, 6.07) is 0. The second-order valence-corrected chi connectivity index (χ2v) is 5.89. The van der Waals surface area contributed by atoms with Gasteiger partial charge in [0.05, 0.1) is 13.2 Å². The number of carbonyl (C=O) groups is 2. The summed E-state index contributed by atoms with van der Waals surface area (Å²) >= 11 is 0. The lowest BCUT2D eigenvalue weighted by Gasteiger charge is -2.39. The predicted octanol–water partition coefficient (Wildman–Crippen LogP) is 3.73. The summed E-state index contributed by atoms with van der Waals surface area (Å²) < 4.78 is 10.5. The topological polar surface area (TPSA) is 52.6 Å². The van der Waals surface area contributed by atoms with E-state index in [4.69, 9.17) is 9.47 Å². The molecule has 0 heterocycles. The first-order valence-corrected chi connectivity index (χ1v) is 8.41. The van der Waals surface area contributed by atoms with Crippen LogP contribution < -0.4 is 0 Å². The Morgan fingerprint density at radius 3 is 1.71 bits per heavy atom. The maximum Gasteiger partial charge on any atom is 0.323 e. The van der Waals surface area contributed by atoms with Gasteiger partial charge in [-0.15, -0.1) is 0 Å². The fourth-order valence-electron chi connectivity index (χ4n) is 3.58. The zero-order valence-electron chi connectivity index (χ0n) is 13.9. The molecule has 4 nitrogen and oxygen atoms in total. The molecule has 0 aromatic heterocycles. The highest BCUT2D eigenvalue weighted by atomic mass is 16.6. The molecule has 1 rings (SSSR count). The van der Waals surface area contributed by atoms with Crippen LogP contribution in [-0.2, 0) is 19.1 Å². The monoisotopic (exact) mass is 298 g/mol. The lowest BCUT2D eigenvalue weighted by atomic mass is 9.65. The predicted molar refractivity (Wildman–Crippen MR) is 81.7 cm³/mol. The molecule has 122 valence electrons. The van der Waals surface area contributed by atoms with Gasteiger partial charge in [-0.05, 0) is 44.9 Å². The van der Waals surface area contributed by atoms with Gasteiger partial charge < -0.3 is 9.47 Å². The van der Waals surface area contributed by atoms with E-state index in [9.17, 15) is 9.59 Å². The maximum atomic E-state index is 12.5. The highest BCUT2D eigenvalue weighted by molar-refractivity contribution is 6.00. The quantitative estimate of drug-likeness (QED) is 0.531. The van der Waals surface area contributed by atoms with Crippen molar-refractivity contribution in [1.82, 2.24) is 0 Å². The average Bonchev–Trinajstić information content (AvgIpc) is 2.50. The molecule has 1 saturated carbocycles. The zero-order chi connectivity index (χ0) is 15.9. The van der Waals surface area contributed by atoms with E-state index >= 15 is 0 Å². The summed E-state index contributed by atoms with van der Waals surface area (Å²) in [5.74, 6) is -0.0274. The van der Waals surface area contributed by atoms with Crippen molar-refractivity contribution in [3.05, 3.63) is 0 Å². The number of hydrogen-bond acceptors (Lipinski definition) is 4. The molecule has 0 radical (unpaired) electrons. The van der Waals surface area contributed by atoms with E-state index in [1.54, 1.807) is 13.8 Å². The smallest absolute Gasteiger partial charge is 0.323 e. The average molecular weight is 298 g/mol. The van der Waals surface area contributed by atoms with Gasteiger partial charge in [-0.1, -0.05) is 33.1 Å². The van der Waals surface area contributed by atoms with Crippen molar-refractivity contribution in [1.29, 1.82) is 0 Å². The van der Waals surface area contributed by atoms with Crippen LogP contribution in [-0.4, -0.2) is 25.2 Å². The molecule has 4 heteroatoms. The van der Waals surface area contributed by atoms with E-state index in [0.717, 1.165) is 31.6 Å². The fraction of sp³-hybridized carbons (Fsp3) is 0.882. The van der Waals surface area contributed by atoms with Gasteiger partial charge >= 0.3 is 11.9 Å². The second kappa shape index (κ2) is 8.40. The number of rotatable bonds is 7. The Morgan fingerprint density at radius 2 is 1.38 bits per heavy atom. The van der Waals surface area contributed by atoms with E-state index < -0.39 is 17.4 Å². The van der Waals surface area contributed by atoms with Crippen molar-refractivity contribution >= 4 is 11.9 Å². The number of ether oxygens (including phenoxy) is 2. The van der Waals surface area contributed by atoms with Crippen molar-refractivity contribution in [3.8, 4) is 0 Å². The van der Waals surface area contributed by atoms with Crippen LogP contribution >= 0.6 is 0 Å². The summed E-state index contributed by atoms with van der Waals surface area (Å²) in [5.41, 5.74) is -1.11. The Morgan fingerprint density at radius 1 is 0.905 bits per heavy atom. The summed E-state index contributed by atoms with van der Waals surface area (Å²) in [5, 5.41) is 0. The molecule has 21 heavy (non-hydrogen) atoms. The van der Waals surface area contributed by atoms with Gasteiger partial charge in [0.2, 0.25) is 0 Å². The van der Waals surface area contributed by atoms with Gasteiger partial charge in [0.15, 0.2) is 5.41 Å². The van der Waals surface area contributed by atoms with Crippen LogP contribution in [0.1, 0.15) is 66.2 Å². The fourth-order valence-corrected chi connectivity index (χ4v) is 3.58. The molecule has 0 amide bonds. The molecule has 1 fully saturated rings. The third-order valence-electron chi connectivity index (χ3n) is 4.96. The minimum atomic E-state index is -1.11. The number of carbonyl (C=O) groups excluding carboxylic acids is 2. The van der Waals surface area contributed by atoms with E-state index in [1.165, 1.54) is 6.42 Å². The lowest BCUT2D eigenvalue weighted by Crippen LogP contribution is -2.48. The van der Waals surface area contributed by atoms with E-state index in [2.05, 4.69) is 6.92 Å². The van der Waals surface area contributed by atoms with Crippen molar-refractivity contribution in [2.75, 3.05) is 13.2 Å². The molecule has 0 atom stereocenters. The molecule has 1 aliphatic carbocycles. The first-order chi connectivity index (χ1) is 10.1. The highest BCUT2D eigenvalue weighted by Gasteiger charge is 2.53. The number of esters is 2. The Labute approximate surface area is 128 Å². The summed E-state index contributed by atoms with van der Waals surface area (Å²) in [4.78, 5) is 25.1. The summed E-state index contributed by atoms with van der Waals surface area (Å²) in [6.45, 7) is 8.23. The van der Waals surface area contributed by atoms with Gasteiger partial charge in [0.1, 0.15) is 0 Å². The molecule has 1 aliphatic rings. The van der Waals surface area contributed by atoms with Gasteiger partial charge in [-0.3, -0.25) is 9.59 Å². The Kier molecular flexibility index (Phi) is 7.20. The van der Waals surface area contributed by atoms with Crippen molar-refractivity contribution in [2.24, 2.45) is 17.3 Å². The SMILES string of the molecule is CCOC(=O)C(CC)(C(=O)OCC)C1CCC(CC)CC1. The Balaban J connectivity index is 3.00. The van der Waals surface area contributed by atoms with Crippen LogP contribution in [0, 0.1) is 17.3 Å². The minimum absolute atomic E-state index is 0.0448. The molecule has 0 N–H and O–H groups in total. The molecular formula is C17H30O4. The zero-order valence-corrected chi connectivity index (χ0v) is 13.9. The molecule has 0 unspecified atom stereocenters. The molecule has 0 bridgehead atoms. The molecule has 0 aromatic carbocycles. The van der Waals surface area contributed by atoms with Crippen LogP contribution in [0.4, 0.5) is 0 Å². The molecule has 0 spiro atoms. The van der Waals surface area contributed by atoms with Gasteiger partial charge in [-0.2, -0.15) is 0 Å². The molecular weight excluding hydrogens is 268 g/mol. The first-order valence-electron chi connectivity index (χ1n) is 8.41. The standard InChI is InChI=1S/C17H30O4/c1-5-13-9-11-14(12-10-13)17(6-2,15(18)20-7-3)16(19)21-8-4/h13-14H,5-12H2,1-4H3. The molecule has 0 aromatic rings. The Hall–Kier alpha value is -1.06. The van der Waals surface area contributed by atoms with E-state index in [-0.39, 0.29) is 5.92 Å². The van der Waals surface area contributed by atoms with Crippen molar-refractivity contribution in [2.45, 2.75) is 66.2 Å². The van der Waals surface area contributed by atoms with Gasteiger partial charge in [0, 0.05) is 0 Å². The van der Waals surface area contributed by atoms with E-state index in [0.29, 0.717) is 19.6 Å². The van der Waals surface area contributed by atoms with Crippen molar-refractivity contribution in [3.63, 3.8) is 0 Å². The first kappa shape index (κ1) is 18.0. The van der Waals surface area contributed by atoms with Crippen LogP contribution in [0.5, 0.6) is 0 Å². The molecule has 0 saturated heterocycles. The third kappa shape index (κ3) is 3.78. The van der Waals surface area contributed by atoms with Crippen LogP contribution in [0.15, 0.2) is 0 Å². The summed E-state index contributed by atoms with van der Waals surface area (Å²) in [6.07, 6.45) is 5.61. The minimum Gasteiger partial charge on any atom is -0.465 e. The Bertz CT molecular complexity index is 325. The maximum absolute atomic E-state index is 12.5. The van der Waals surface area contributed by atoms with Gasteiger partial charge in [-0.25, -0.2) is 0 Å². The van der Waals surface area contributed by atoms with Crippen molar-refractivity contribution < 1.29 is 19.1 Å². The van der Waals surface area contributed by atoms with Crippen LogP contribution in [0.2, 0.25) is 0 Å². The highest BCUT2D eigenvalue weighted by Crippen LogP contribution is 2.45. The normalized spacial score (nSPS) is 22.7. The van der Waals surface area contributed by atoms with E-state index in [1.807, 2.05) is 6.92 Å². The van der Waals surface area contributed by atoms with Crippen LogP contribution in [0.25, 0.3) is 0 Å². The third-order valence-corrected chi connectivity index (χ3v) is 4.96. The molecule has 0 aliphatic heterocycles. The second-order valence-electron chi connectivity index (χ2n) is 5.89. The summed E-state index contributed by atoms with van der Waals surface area (Å²) in [7, 11) is 0. The largest absolute Gasteiger partial charge is 0.465 e. The number of hydrogen-bond donors (Lipinski definition) is 0. The van der Waals surface area contributed by atoms with Gasteiger partial charge in [0.25, 0.3) is 0 Å². The lowest BCUT2D eigenvalue weighted by molar-refractivity contribution is -0.178. The van der Waals surface area contributed by atoms with Crippen LogP contribution in [0.3, 0.4) is 0 Å².